The lowest BCUT2D eigenvalue weighted by Crippen LogP contribution is -2.50. The number of halogens is 1. The van der Waals surface area contributed by atoms with E-state index in [0.717, 1.165) is 28.9 Å². The number of nitrogens with zero attached hydrogens (tertiary/aromatic N) is 4. The van der Waals surface area contributed by atoms with Gasteiger partial charge in [0.05, 0.1) is 4.47 Å². The molecule has 0 aliphatic carbocycles. The van der Waals surface area contributed by atoms with Crippen molar-refractivity contribution < 1.29 is 0 Å². The summed E-state index contributed by atoms with van der Waals surface area (Å²) in [7, 11) is 0. The summed E-state index contributed by atoms with van der Waals surface area (Å²) >= 11 is 3.58. The van der Waals surface area contributed by atoms with Gasteiger partial charge < -0.3 is 16.0 Å². The van der Waals surface area contributed by atoms with Crippen molar-refractivity contribution in [2.24, 2.45) is 0 Å². The summed E-state index contributed by atoms with van der Waals surface area (Å²) < 4.78 is 2.85. The molecule has 2 fully saturated rings. The van der Waals surface area contributed by atoms with Crippen molar-refractivity contribution in [1.82, 2.24) is 19.9 Å². The average Bonchev–Trinajstić information content (AvgIpc) is 3.07. The molecule has 4 rings (SSSR count). The van der Waals surface area contributed by atoms with Gasteiger partial charge in [-0.2, -0.15) is 5.10 Å². The number of nitrogen functional groups attached to an aromatic ring is 1. The van der Waals surface area contributed by atoms with E-state index in [1.165, 1.54) is 38.6 Å². The number of rotatable bonds is 1. The molecule has 0 bridgehead atoms. The third-order valence-corrected chi connectivity index (χ3v) is 5.50. The Morgan fingerprint density at radius 2 is 2.10 bits per heavy atom. The molecule has 3 N–H and O–H groups in total. The molecule has 2 aromatic heterocycles. The van der Waals surface area contributed by atoms with Crippen LogP contribution in [0.15, 0.2) is 16.9 Å². The molecule has 0 radical (unpaired) electrons. The molecule has 2 aliphatic heterocycles. The second kappa shape index (κ2) is 4.84. The zero-order valence-electron chi connectivity index (χ0n) is 11.8. The molecular weight excluding hydrogens is 332 g/mol. The minimum Gasteiger partial charge on any atom is -0.382 e. The Morgan fingerprint density at radius 3 is 2.81 bits per heavy atom. The Morgan fingerprint density at radius 1 is 1.29 bits per heavy atom. The van der Waals surface area contributed by atoms with Crippen LogP contribution in [0.3, 0.4) is 0 Å². The van der Waals surface area contributed by atoms with Gasteiger partial charge in [-0.25, -0.2) is 9.50 Å². The molecule has 4 heterocycles. The van der Waals surface area contributed by atoms with Crippen LogP contribution in [-0.2, 0) is 0 Å². The van der Waals surface area contributed by atoms with E-state index >= 15 is 0 Å². The highest BCUT2D eigenvalue weighted by atomic mass is 79.9. The lowest BCUT2D eigenvalue weighted by Gasteiger charge is -2.40. The van der Waals surface area contributed by atoms with Gasteiger partial charge in [-0.05, 0) is 54.2 Å². The first-order valence-corrected chi connectivity index (χ1v) is 8.26. The quantitative estimate of drug-likeness (QED) is 0.820. The Kier molecular flexibility index (Phi) is 3.08. The zero-order chi connectivity index (χ0) is 14.4. The van der Waals surface area contributed by atoms with Crippen LogP contribution in [0.4, 0.5) is 11.6 Å². The van der Waals surface area contributed by atoms with Gasteiger partial charge in [0.2, 0.25) is 0 Å². The topological polar surface area (TPSA) is 71.5 Å². The van der Waals surface area contributed by atoms with Crippen LogP contribution in [0.5, 0.6) is 0 Å². The van der Waals surface area contributed by atoms with Crippen LogP contribution < -0.4 is 16.0 Å². The van der Waals surface area contributed by atoms with E-state index < -0.39 is 0 Å². The summed E-state index contributed by atoms with van der Waals surface area (Å²) in [5.41, 5.74) is 7.20. The van der Waals surface area contributed by atoms with Gasteiger partial charge >= 0.3 is 0 Å². The predicted molar refractivity (Wildman–Crippen MR) is 86.5 cm³/mol. The normalized spacial score (nSPS) is 21.5. The number of anilines is 2. The maximum Gasteiger partial charge on any atom is 0.152 e. The Labute approximate surface area is 131 Å². The Hall–Kier alpha value is -1.34. The van der Waals surface area contributed by atoms with Crippen LogP contribution in [0.25, 0.3) is 5.52 Å². The number of nitrogens with two attached hydrogens (primary N) is 1. The van der Waals surface area contributed by atoms with Crippen molar-refractivity contribution in [3.63, 3.8) is 0 Å². The first-order chi connectivity index (χ1) is 10.2. The van der Waals surface area contributed by atoms with Crippen molar-refractivity contribution in [2.75, 3.05) is 30.3 Å². The van der Waals surface area contributed by atoms with Gasteiger partial charge in [0.25, 0.3) is 0 Å². The fourth-order valence-corrected chi connectivity index (χ4v) is 4.27. The van der Waals surface area contributed by atoms with Crippen molar-refractivity contribution in [2.45, 2.75) is 31.2 Å². The number of fused-ring (bicyclic) bond motifs is 1. The van der Waals surface area contributed by atoms with E-state index in [-0.39, 0.29) is 0 Å². The van der Waals surface area contributed by atoms with Gasteiger partial charge in [-0.1, -0.05) is 0 Å². The van der Waals surface area contributed by atoms with Gasteiger partial charge in [0.1, 0.15) is 17.7 Å². The lowest BCUT2D eigenvalue weighted by molar-refractivity contribution is 0.296. The molecule has 21 heavy (non-hydrogen) atoms. The van der Waals surface area contributed by atoms with Crippen molar-refractivity contribution >= 4 is 33.1 Å². The number of aromatic nitrogens is 3. The maximum absolute atomic E-state index is 5.96. The molecule has 2 saturated heterocycles. The molecule has 2 aliphatic rings. The molecule has 0 unspecified atom stereocenters. The Bertz CT molecular complexity index is 665. The number of piperidine rings is 1. The molecule has 7 heteroatoms. The molecule has 0 atom stereocenters. The molecule has 6 nitrogen and oxygen atoms in total. The summed E-state index contributed by atoms with van der Waals surface area (Å²) in [5, 5.41) is 8.07. The van der Waals surface area contributed by atoms with Crippen molar-refractivity contribution in [1.29, 1.82) is 0 Å². The molecule has 2 aromatic rings. The van der Waals surface area contributed by atoms with Gasteiger partial charge in [0, 0.05) is 18.6 Å². The highest BCUT2D eigenvalue weighted by Gasteiger charge is 2.37. The van der Waals surface area contributed by atoms with Crippen molar-refractivity contribution in [3.05, 3.63) is 16.9 Å². The summed E-state index contributed by atoms with van der Waals surface area (Å²) in [5.74, 6) is 1.60. The maximum atomic E-state index is 5.96. The van der Waals surface area contributed by atoms with E-state index in [4.69, 9.17) is 5.73 Å². The summed E-state index contributed by atoms with van der Waals surface area (Å²) in [6.07, 6.45) is 6.52. The van der Waals surface area contributed by atoms with E-state index in [1.54, 1.807) is 0 Å². The first-order valence-electron chi connectivity index (χ1n) is 7.46. The fraction of sp³-hybridized carbons (Fsp3) is 0.571. The summed E-state index contributed by atoms with van der Waals surface area (Å²) in [4.78, 5) is 6.47. The first kappa shape index (κ1) is 13.3. The van der Waals surface area contributed by atoms with Crippen LogP contribution in [0.2, 0.25) is 0 Å². The third-order valence-electron chi connectivity index (χ3n) is 4.89. The third kappa shape index (κ3) is 2.10. The lowest BCUT2D eigenvalue weighted by atomic mass is 9.86. The monoisotopic (exact) mass is 350 g/mol. The van der Waals surface area contributed by atoms with E-state index in [2.05, 4.69) is 42.3 Å². The van der Waals surface area contributed by atoms with E-state index in [0.29, 0.717) is 11.4 Å². The molecule has 0 amide bonds. The molecule has 0 aromatic carbocycles. The number of hydrogen-bond acceptors (Lipinski definition) is 5. The predicted octanol–water partition coefficient (Wildman–Crippen LogP) is 1.80. The second-order valence-corrected chi connectivity index (χ2v) is 6.91. The Balaban J connectivity index is 1.64. The molecule has 0 saturated carbocycles. The largest absolute Gasteiger partial charge is 0.382 e. The standard InChI is InChI=1S/C14H19BrN6/c15-10-8-11(21-12(10)13(16)17-9-19-21)20-6-3-14(4-7-20)2-1-5-18-14/h8-9,18H,1-7H2,(H2,16,17,19). The van der Waals surface area contributed by atoms with Crippen LogP contribution in [0, 0.1) is 0 Å². The summed E-state index contributed by atoms with van der Waals surface area (Å²) in [6, 6.07) is 2.10. The van der Waals surface area contributed by atoms with E-state index in [1.807, 2.05) is 4.52 Å². The second-order valence-electron chi connectivity index (χ2n) is 6.05. The fourth-order valence-electron chi connectivity index (χ4n) is 3.69. The van der Waals surface area contributed by atoms with E-state index in [9.17, 15) is 0 Å². The average molecular weight is 351 g/mol. The van der Waals surface area contributed by atoms with Crippen molar-refractivity contribution in [3.8, 4) is 0 Å². The highest BCUT2D eigenvalue weighted by molar-refractivity contribution is 9.10. The molecule has 112 valence electrons. The molecular formula is C14H19BrN6. The number of nitrogens with one attached hydrogen (secondary N) is 1. The minimum atomic E-state index is 0.384. The highest BCUT2D eigenvalue weighted by Crippen LogP contribution is 2.35. The summed E-state index contributed by atoms with van der Waals surface area (Å²) in [6.45, 7) is 3.27. The van der Waals surface area contributed by atoms with Crippen LogP contribution >= 0.6 is 15.9 Å². The molecule has 1 spiro atoms. The van der Waals surface area contributed by atoms with Crippen LogP contribution in [0.1, 0.15) is 25.7 Å². The van der Waals surface area contributed by atoms with Crippen LogP contribution in [-0.4, -0.2) is 39.8 Å². The zero-order valence-corrected chi connectivity index (χ0v) is 13.4. The minimum absolute atomic E-state index is 0.384. The SMILES string of the molecule is Nc1ncnn2c(N3CCC4(CCCN4)CC3)cc(Br)c12. The van der Waals surface area contributed by atoms with Gasteiger partial charge in [-0.3, -0.25) is 0 Å². The smallest absolute Gasteiger partial charge is 0.152 e. The number of hydrogen-bond donors (Lipinski definition) is 2. The van der Waals surface area contributed by atoms with Gasteiger partial charge in [-0.15, -0.1) is 0 Å². The van der Waals surface area contributed by atoms with Gasteiger partial charge in [0.15, 0.2) is 5.82 Å².